The Hall–Kier alpha value is -3.02. The summed E-state index contributed by atoms with van der Waals surface area (Å²) in [7, 11) is 0. The maximum absolute atomic E-state index is 13.1. The molecule has 1 heterocycles. The van der Waals surface area contributed by atoms with E-state index in [2.05, 4.69) is 4.98 Å². The largest absolute Gasteiger partial charge is 0.454 e. The zero-order chi connectivity index (χ0) is 17.3. The first kappa shape index (κ1) is 15.9. The summed E-state index contributed by atoms with van der Waals surface area (Å²) in [6.45, 7) is 1.23. The second-order valence-electron chi connectivity index (χ2n) is 5.33. The van der Waals surface area contributed by atoms with Crippen LogP contribution in [0.1, 0.15) is 26.4 Å². The number of esters is 1. The summed E-state index contributed by atoms with van der Waals surface area (Å²) in [5.41, 5.74) is 1.62. The van der Waals surface area contributed by atoms with Gasteiger partial charge in [0.25, 0.3) is 0 Å². The number of aryl methyl sites for hydroxylation is 1. The molecule has 0 amide bonds. The summed E-state index contributed by atoms with van der Waals surface area (Å²) >= 11 is 0. The first-order chi connectivity index (χ1) is 11.5. The summed E-state index contributed by atoms with van der Waals surface area (Å²) in [6.07, 6.45) is 0. The summed E-state index contributed by atoms with van der Waals surface area (Å²) in [6, 6.07) is 9.62. The highest BCUT2D eigenvalue weighted by molar-refractivity contribution is 6.10. The van der Waals surface area contributed by atoms with Gasteiger partial charge in [0.05, 0.1) is 5.56 Å². The van der Waals surface area contributed by atoms with Crippen molar-refractivity contribution in [3.8, 4) is 0 Å². The number of fused-ring (bicyclic) bond motifs is 1. The third-order valence-electron chi connectivity index (χ3n) is 3.61. The average Bonchev–Trinajstić information content (AvgIpc) is 2.87. The van der Waals surface area contributed by atoms with E-state index in [1.54, 1.807) is 19.1 Å². The SMILES string of the molecule is Cc1[nH]c2ccccc2c1C(=O)COC(=O)c1cc(F)cc(F)c1. The molecule has 1 N–H and O–H groups in total. The van der Waals surface area contributed by atoms with Crippen LogP contribution < -0.4 is 0 Å². The van der Waals surface area contributed by atoms with Crippen LogP contribution >= 0.6 is 0 Å². The molecule has 1 aromatic heterocycles. The van der Waals surface area contributed by atoms with E-state index in [0.29, 0.717) is 17.3 Å². The number of hydrogen-bond acceptors (Lipinski definition) is 3. The van der Waals surface area contributed by atoms with Gasteiger partial charge in [-0.2, -0.15) is 0 Å². The van der Waals surface area contributed by atoms with Crippen LogP contribution in [0.15, 0.2) is 42.5 Å². The highest BCUT2D eigenvalue weighted by atomic mass is 19.1. The van der Waals surface area contributed by atoms with Crippen molar-refractivity contribution in [2.75, 3.05) is 6.61 Å². The van der Waals surface area contributed by atoms with Crippen LogP contribution in [0.5, 0.6) is 0 Å². The Morgan fingerprint density at radius 3 is 2.46 bits per heavy atom. The van der Waals surface area contributed by atoms with E-state index < -0.39 is 30.0 Å². The van der Waals surface area contributed by atoms with Crippen molar-refractivity contribution in [2.45, 2.75) is 6.92 Å². The van der Waals surface area contributed by atoms with Crippen LogP contribution in [0.4, 0.5) is 8.78 Å². The molecular formula is C18H13F2NO3. The van der Waals surface area contributed by atoms with Gasteiger partial charge in [-0.05, 0) is 25.1 Å². The van der Waals surface area contributed by atoms with Crippen LogP contribution in [0.25, 0.3) is 10.9 Å². The van der Waals surface area contributed by atoms with Gasteiger partial charge in [-0.3, -0.25) is 4.79 Å². The molecule has 0 atom stereocenters. The van der Waals surface area contributed by atoms with E-state index in [-0.39, 0.29) is 5.56 Å². The molecule has 0 fully saturated rings. The van der Waals surface area contributed by atoms with E-state index in [1.807, 2.05) is 12.1 Å². The second-order valence-corrected chi connectivity index (χ2v) is 5.33. The van der Waals surface area contributed by atoms with Gasteiger partial charge < -0.3 is 9.72 Å². The molecule has 0 unspecified atom stereocenters. The number of carbonyl (C=O) groups is 2. The van der Waals surface area contributed by atoms with E-state index in [4.69, 9.17) is 4.74 Å². The van der Waals surface area contributed by atoms with Gasteiger partial charge in [0.1, 0.15) is 11.6 Å². The highest BCUT2D eigenvalue weighted by Gasteiger charge is 2.18. The third kappa shape index (κ3) is 3.03. The fourth-order valence-electron chi connectivity index (χ4n) is 2.59. The highest BCUT2D eigenvalue weighted by Crippen LogP contribution is 2.22. The van der Waals surface area contributed by atoms with Crippen molar-refractivity contribution in [1.29, 1.82) is 0 Å². The number of halogens is 2. The second kappa shape index (κ2) is 6.23. The maximum Gasteiger partial charge on any atom is 0.338 e. The Labute approximate surface area is 136 Å². The number of hydrogen-bond donors (Lipinski definition) is 1. The summed E-state index contributed by atoms with van der Waals surface area (Å²) < 4.78 is 31.1. The van der Waals surface area contributed by atoms with Gasteiger partial charge in [0.15, 0.2) is 6.61 Å². The Balaban J connectivity index is 1.77. The first-order valence-corrected chi connectivity index (χ1v) is 7.19. The third-order valence-corrected chi connectivity index (χ3v) is 3.61. The Morgan fingerprint density at radius 2 is 1.75 bits per heavy atom. The molecule has 0 aliphatic rings. The lowest BCUT2D eigenvalue weighted by atomic mass is 10.1. The van der Waals surface area contributed by atoms with Gasteiger partial charge in [0.2, 0.25) is 5.78 Å². The number of ether oxygens (including phenoxy) is 1. The Bertz CT molecular complexity index is 926. The van der Waals surface area contributed by atoms with Crippen LogP contribution in [-0.2, 0) is 4.74 Å². The number of nitrogens with one attached hydrogen (secondary N) is 1. The fourth-order valence-corrected chi connectivity index (χ4v) is 2.59. The van der Waals surface area contributed by atoms with E-state index in [0.717, 1.165) is 23.0 Å². The normalized spacial score (nSPS) is 10.8. The number of aromatic amines is 1. The van der Waals surface area contributed by atoms with E-state index >= 15 is 0 Å². The van der Waals surface area contributed by atoms with Crippen LogP contribution in [0.2, 0.25) is 0 Å². The number of rotatable bonds is 4. The standard InChI is InChI=1S/C18H13F2NO3/c1-10-17(14-4-2-3-5-15(14)21-10)16(22)9-24-18(23)11-6-12(19)8-13(20)7-11/h2-8,21H,9H2,1H3. The lowest BCUT2D eigenvalue weighted by Crippen LogP contribution is -2.15. The lowest BCUT2D eigenvalue weighted by molar-refractivity contribution is 0.0474. The average molecular weight is 329 g/mol. The topological polar surface area (TPSA) is 59.2 Å². The van der Waals surface area contributed by atoms with Crippen molar-refractivity contribution in [3.05, 3.63) is 70.9 Å². The molecule has 4 nitrogen and oxygen atoms in total. The number of benzene rings is 2. The molecule has 0 aliphatic heterocycles. The van der Waals surface area contributed by atoms with E-state index in [9.17, 15) is 18.4 Å². The molecule has 24 heavy (non-hydrogen) atoms. The zero-order valence-corrected chi connectivity index (χ0v) is 12.7. The van der Waals surface area contributed by atoms with Crippen molar-refractivity contribution in [2.24, 2.45) is 0 Å². The van der Waals surface area contributed by atoms with Crippen molar-refractivity contribution in [1.82, 2.24) is 4.98 Å². The minimum absolute atomic E-state index is 0.282. The Kier molecular flexibility index (Phi) is 4.12. The quantitative estimate of drug-likeness (QED) is 0.585. The monoisotopic (exact) mass is 329 g/mol. The van der Waals surface area contributed by atoms with Gasteiger partial charge >= 0.3 is 5.97 Å². The molecule has 3 rings (SSSR count). The summed E-state index contributed by atoms with van der Waals surface area (Å²) in [5, 5.41) is 0.729. The van der Waals surface area contributed by atoms with Crippen molar-refractivity contribution in [3.63, 3.8) is 0 Å². The van der Waals surface area contributed by atoms with Gasteiger partial charge in [-0.25, -0.2) is 13.6 Å². The zero-order valence-electron chi connectivity index (χ0n) is 12.7. The van der Waals surface area contributed by atoms with Crippen molar-refractivity contribution < 1.29 is 23.1 Å². The molecule has 0 bridgehead atoms. The summed E-state index contributed by atoms with van der Waals surface area (Å²) in [4.78, 5) is 27.3. The number of aromatic nitrogens is 1. The lowest BCUT2D eigenvalue weighted by Gasteiger charge is -2.05. The minimum atomic E-state index is -0.959. The van der Waals surface area contributed by atoms with Gasteiger partial charge in [-0.1, -0.05) is 18.2 Å². The number of ketones is 1. The molecule has 0 radical (unpaired) electrons. The van der Waals surface area contributed by atoms with Gasteiger partial charge in [-0.15, -0.1) is 0 Å². The minimum Gasteiger partial charge on any atom is -0.454 e. The van der Waals surface area contributed by atoms with Crippen LogP contribution in [0, 0.1) is 18.6 Å². The predicted molar refractivity (Wildman–Crippen MR) is 84.0 cm³/mol. The van der Waals surface area contributed by atoms with Crippen LogP contribution in [-0.4, -0.2) is 23.3 Å². The van der Waals surface area contributed by atoms with Gasteiger partial charge in [0, 0.05) is 28.2 Å². The molecule has 6 heteroatoms. The van der Waals surface area contributed by atoms with E-state index in [1.165, 1.54) is 0 Å². The molecule has 2 aromatic carbocycles. The summed E-state index contributed by atoms with van der Waals surface area (Å²) in [5.74, 6) is -3.13. The molecule has 0 saturated carbocycles. The number of para-hydroxylation sites is 1. The first-order valence-electron chi connectivity index (χ1n) is 7.19. The van der Waals surface area contributed by atoms with Crippen LogP contribution in [0.3, 0.4) is 0 Å². The molecule has 0 spiro atoms. The number of H-pyrrole nitrogens is 1. The molecule has 3 aromatic rings. The smallest absolute Gasteiger partial charge is 0.338 e. The fraction of sp³-hybridized carbons (Fsp3) is 0.111. The molecule has 122 valence electrons. The predicted octanol–water partition coefficient (Wildman–Crippen LogP) is 3.79. The molecule has 0 aliphatic carbocycles. The molecular weight excluding hydrogens is 316 g/mol. The Morgan fingerprint density at radius 1 is 1.08 bits per heavy atom. The number of carbonyl (C=O) groups excluding carboxylic acids is 2. The number of Topliss-reactive ketones (excluding diaryl/α,β-unsaturated/α-hetero) is 1. The van der Waals surface area contributed by atoms with Crippen molar-refractivity contribution >= 4 is 22.7 Å². The maximum atomic E-state index is 13.1. The molecule has 0 saturated heterocycles.